The van der Waals surface area contributed by atoms with E-state index < -0.39 is 5.82 Å². The van der Waals surface area contributed by atoms with Crippen molar-refractivity contribution in [2.75, 3.05) is 11.9 Å². The molecule has 0 spiro atoms. The summed E-state index contributed by atoms with van der Waals surface area (Å²) in [4.78, 5) is 15.8. The number of rotatable bonds is 5. The third-order valence-electron chi connectivity index (χ3n) is 2.54. The predicted octanol–water partition coefficient (Wildman–Crippen LogP) is 2.57. The molecule has 1 heterocycles. The Morgan fingerprint density at radius 2 is 2.26 bits per heavy atom. The van der Waals surface area contributed by atoms with E-state index in [4.69, 9.17) is 0 Å². The highest BCUT2D eigenvalue weighted by Gasteiger charge is 2.10. The summed E-state index contributed by atoms with van der Waals surface area (Å²) in [5, 5.41) is 8.35. The average molecular weight is 279 g/mol. The summed E-state index contributed by atoms with van der Waals surface area (Å²) in [6, 6.07) is 6.07. The number of carbonyl (C=O) groups excluding carboxylic acids is 1. The van der Waals surface area contributed by atoms with Crippen molar-refractivity contribution in [2.45, 2.75) is 13.0 Å². The largest absolute Gasteiger partial charge is 0.322 e. The Bertz CT molecular complexity index is 545. The molecule has 0 saturated carbocycles. The molecular formula is C13H14FN3OS. The van der Waals surface area contributed by atoms with Gasteiger partial charge in [-0.3, -0.25) is 10.1 Å². The van der Waals surface area contributed by atoms with Gasteiger partial charge in [-0.05, 0) is 19.1 Å². The fourth-order valence-electron chi connectivity index (χ4n) is 1.54. The summed E-state index contributed by atoms with van der Waals surface area (Å²) in [6.07, 6.45) is 1.72. The molecule has 0 aliphatic heterocycles. The molecule has 2 rings (SSSR count). The van der Waals surface area contributed by atoms with Crippen molar-refractivity contribution >= 4 is 22.9 Å². The molecule has 0 aliphatic carbocycles. The number of benzene rings is 1. The van der Waals surface area contributed by atoms with Gasteiger partial charge >= 0.3 is 0 Å². The number of nitrogens with one attached hydrogen (secondary N) is 2. The van der Waals surface area contributed by atoms with Crippen molar-refractivity contribution in [1.29, 1.82) is 0 Å². The average Bonchev–Trinajstić information content (AvgIpc) is 2.93. The van der Waals surface area contributed by atoms with E-state index in [-0.39, 0.29) is 24.2 Å². The molecule has 2 N–H and O–H groups in total. The minimum absolute atomic E-state index is 0.00799. The number of thiazole rings is 1. The lowest BCUT2D eigenvalue weighted by molar-refractivity contribution is -0.115. The first-order valence-electron chi connectivity index (χ1n) is 5.84. The van der Waals surface area contributed by atoms with Crippen LogP contribution in [0, 0.1) is 5.82 Å². The number of para-hydroxylation sites is 1. The van der Waals surface area contributed by atoms with Gasteiger partial charge in [-0.1, -0.05) is 12.1 Å². The van der Waals surface area contributed by atoms with Gasteiger partial charge in [0, 0.05) is 11.6 Å². The standard InChI is InChI=1S/C13H14FN3OS/c1-9(13-15-6-7-19-13)16-8-12(18)17-11-5-3-2-4-10(11)14/h2-7,9,16H,8H2,1H3,(H,17,18). The summed E-state index contributed by atoms with van der Waals surface area (Å²) in [5.74, 6) is -0.725. The Labute approximate surface area is 114 Å². The van der Waals surface area contributed by atoms with Gasteiger partial charge in [0.25, 0.3) is 0 Å². The van der Waals surface area contributed by atoms with Gasteiger partial charge in [-0.15, -0.1) is 11.3 Å². The maximum Gasteiger partial charge on any atom is 0.238 e. The summed E-state index contributed by atoms with van der Waals surface area (Å²) >= 11 is 1.52. The van der Waals surface area contributed by atoms with Gasteiger partial charge in [0.2, 0.25) is 5.91 Å². The lowest BCUT2D eigenvalue weighted by atomic mass is 10.3. The highest BCUT2D eigenvalue weighted by Crippen LogP contribution is 2.15. The van der Waals surface area contributed by atoms with Crippen LogP contribution in [-0.2, 0) is 4.79 Å². The number of halogens is 1. The number of anilines is 1. The minimum atomic E-state index is -0.441. The number of amides is 1. The maximum absolute atomic E-state index is 13.3. The van der Waals surface area contributed by atoms with Crippen LogP contribution in [0.2, 0.25) is 0 Å². The SMILES string of the molecule is CC(NCC(=O)Nc1ccccc1F)c1nccs1. The summed E-state index contributed by atoms with van der Waals surface area (Å²) in [6.45, 7) is 2.03. The topological polar surface area (TPSA) is 54.0 Å². The van der Waals surface area contributed by atoms with Crippen molar-refractivity contribution in [3.8, 4) is 0 Å². The van der Waals surface area contributed by atoms with E-state index in [9.17, 15) is 9.18 Å². The Hall–Kier alpha value is -1.79. The van der Waals surface area contributed by atoms with Crippen LogP contribution in [0.5, 0.6) is 0 Å². The number of aromatic nitrogens is 1. The fourth-order valence-corrected chi connectivity index (χ4v) is 2.21. The third kappa shape index (κ3) is 3.84. The first kappa shape index (κ1) is 13.6. The van der Waals surface area contributed by atoms with Crippen molar-refractivity contribution in [3.63, 3.8) is 0 Å². The van der Waals surface area contributed by atoms with Crippen molar-refractivity contribution < 1.29 is 9.18 Å². The van der Waals surface area contributed by atoms with Crippen LogP contribution >= 0.6 is 11.3 Å². The van der Waals surface area contributed by atoms with Gasteiger partial charge in [0.15, 0.2) is 0 Å². The smallest absolute Gasteiger partial charge is 0.238 e. The quantitative estimate of drug-likeness (QED) is 0.884. The molecule has 6 heteroatoms. The molecule has 0 saturated heterocycles. The summed E-state index contributed by atoms with van der Waals surface area (Å²) < 4.78 is 13.3. The van der Waals surface area contributed by atoms with Crippen LogP contribution in [-0.4, -0.2) is 17.4 Å². The Morgan fingerprint density at radius 1 is 1.47 bits per heavy atom. The van der Waals surface area contributed by atoms with Crippen molar-refractivity contribution in [2.24, 2.45) is 0 Å². The zero-order chi connectivity index (χ0) is 13.7. The second kappa shape index (κ2) is 6.40. The van der Waals surface area contributed by atoms with Gasteiger partial charge in [0.1, 0.15) is 10.8 Å². The molecule has 0 radical (unpaired) electrons. The third-order valence-corrected chi connectivity index (χ3v) is 3.50. The predicted molar refractivity (Wildman–Crippen MR) is 73.6 cm³/mol. The van der Waals surface area contributed by atoms with E-state index in [1.54, 1.807) is 18.3 Å². The van der Waals surface area contributed by atoms with Crippen molar-refractivity contribution in [1.82, 2.24) is 10.3 Å². The second-order valence-corrected chi connectivity index (χ2v) is 4.93. The minimum Gasteiger partial charge on any atom is -0.322 e. The molecule has 100 valence electrons. The van der Waals surface area contributed by atoms with E-state index in [1.807, 2.05) is 12.3 Å². The number of hydrogen-bond acceptors (Lipinski definition) is 4. The number of hydrogen-bond donors (Lipinski definition) is 2. The van der Waals surface area contributed by atoms with E-state index in [0.717, 1.165) is 5.01 Å². The lowest BCUT2D eigenvalue weighted by Gasteiger charge is -2.11. The molecule has 0 aliphatic rings. The highest BCUT2D eigenvalue weighted by atomic mass is 32.1. The Kier molecular flexibility index (Phi) is 4.59. The monoisotopic (exact) mass is 279 g/mol. The maximum atomic E-state index is 13.3. The van der Waals surface area contributed by atoms with Crippen LogP contribution in [0.1, 0.15) is 18.0 Å². The molecule has 0 bridgehead atoms. The zero-order valence-corrected chi connectivity index (χ0v) is 11.2. The summed E-state index contributed by atoms with van der Waals surface area (Å²) in [7, 11) is 0. The number of carbonyl (C=O) groups is 1. The molecule has 2 aromatic rings. The van der Waals surface area contributed by atoms with Crippen LogP contribution in [0.4, 0.5) is 10.1 Å². The van der Waals surface area contributed by atoms with E-state index in [1.165, 1.54) is 23.5 Å². The normalized spacial score (nSPS) is 12.1. The van der Waals surface area contributed by atoms with Gasteiger partial charge in [-0.25, -0.2) is 9.37 Å². The van der Waals surface area contributed by atoms with Gasteiger partial charge < -0.3 is 5.32 Å². The molecule has 1 atom stereocenters. The molecule has 1 aromatic carbocycles. The molecule has 1 amide bonds. The molecule has 1 unspecified atom stereocenters. The van der Waals surface area contributed by atoms with Crippen LogP contribution < -0.4 is 10.6 Å². The summed E-state index contributed by atoms with van der Waals surface area (Å²) in [5.41, 5.74) is 0.191. The van der Waals surface area contributed by atoms with E-state index in [2.05, 4.69) is 15.6 Å². The van der Waals surface area contributed by atoms with E-state index in [0.29, 0.717) is 0 Å². The molecule has 0 fully saturated rings. The van der Waals surface area contributed by atoms with Crippen molar-refractivity contribution in [3.05, 3.63) is 46.7 Å². The fraction of sp³-hybridized carbons (Fsp3) is 0.231. The van der Waals surface area contributed by atoms with Crippen LogP contribution in [0.25, 0.3) is 0 Å². The van der Waals surface area contributed by atoms with E-state index >= 15 is 0 Å². The molecule has 4 nitrogen and oxygen atoms in total. The first-order chi connectivity index (χ1) is 9.16. The van der Waals surface area contributed by atoms with Gasteiger partial charge in [0.05, 0.1) is 18.3 Å². The highest BCUT2D eigenvalue weighted by molar-refractivity contribution is 7.09. The second-order valence-electron chi connectivity index (χ2n) is 4.00. The first-order valence-corrected chi connectivity index (χ1v) is 6.72. The zero-order valence-electron chi connectivity index (χ0n) is 10.4. The van der Waals surface area contributed by atoms with Crippen LogP contribution in [0.15, 0.2) is 35.8 Å². The molecule has 19 heavy (non-hydrogen) atoms. The van der Waals surface area contributed by atoms with Gasteiger partial charge in [-0.2, -0.15) is 0 Å². The number of nitrogens with zero attached hydrogens (tertiary/aromatic N) is 1. The Balaban J connectivity index is 1.84. The molecular weight excluding hydrogens is 265 g/mol. The Morgan fingerprint density at radius 3 is 2.95 bits per heavy atom. The van der Waals surface area contributed by atoms with Crippen LogP contribution in [0.3, 0.4) is 0 Å². The molecule has 1 aromatic heterocycles. The lowest BCUT2D eigenvalue weighted by Crippen LogP contribution is -2.30.